The molecule has 25 heavy (non-hydrogen) atoms. The minimum atomic E-state index is -0.204. The van der Waals surface area contributed by atoms with Crippen LogP contribution in [0.4, 0.5) is 0 Å². The Kier molecular flexibility index (Phi) is 3.14. The van der Waals surface area contributed by atoms with Crippen molar-refractivity contribution in [1.29, 1.82) is 0 Å². The van der Waals surface area contributed by atoms with E-state index in [0.717, 1.165) is 18.4 Å². The highest BCUT2D eigenvalue weighted by molar-refractivity contribution is 6.30. The number of rotatable bonds is 4. The van der Waals surface area contributed by atoms with Crippen LogP contribution in [-0.2, 0) is 10.2 Å². The highest BCUT2D eigenvalue weighted by Crippen LogP contribution is 2.97. The first-order chi connectivity index (χ1) is 12.2. The smallest absolute Gasteiger partial charge is 0.247 e. The number of carbonyl (C=O) groups excluding carboxylic acids is 1. The van der Waals surface area contributed by atoms with Crippen LogP contribution in [0.15, 0.2) is 59.7 Å². The highest BCUT2D eigenvalue weighted by atomic mass is 35.5. The molecule has 2 aromatic carbocycles. The van der Waals surface area contributed by atoms with Crippen LogP contribution in [0.5, 0.6) is 0 Å². The molecule has 0 bridgehead atoms. The molecule has 3 aliphatic carbocycles. The third-order valence-electron chi connectivity index (χ3n) is 6.58. The number of fused-ring (bicyclic) bond motifs is 2. The monoisotopic (exact) mass is 350 g/mol. The molecule has 0 aliphatic heterocycles. The fourth-order valence-electron chi connectivity index (χ4n) is 5.70. The van der Waals surface area contributed by atoms with Gasteiger partial charge in [-0.05, 0) is 47.9 Å². The third-order valence-corrected chi connectivity index (χ3v) is 6.83. The molecule has 0 unspecified atom stereocenters. The first kappa shape index (κ1) is 15.2. The minimum absolute atomic E-state index is 0.0897. The van der Waals surface area contributed by atoms with Crippen molar-refractivity contribution < 1.29 is 4.79 Å². The molecular formula is C21H19ClN2O. The van der Waals surface area contributed by atoms with Gasteiger partial charge in [0.15, 0.2) is 0 Å². The Morgan fingerprint density at radius 2 is 1.76 bits per heavy atom. The molecule has 3 aliphatic rings. The fraction of sp³-hybridized carbons (Fsp3) is 0.333. The molecule has 2 aromatic rings. The van der Waals surface area contributed by atoms with Gasteiger partial charge in [-0.15, -0.1) is 0 Å². The first-order valence-electron chi connectivity index (χ1n) is 8.87. The number of nitrogens with zero attached hydrogens (tertiary/aromatic N) is 1. The summed E-state index contributed by atoms with van der Waals surface area (Å²) in [5.74, 6) is 1.08. The van der Waals surface area contributed by atoms with Crippen LogP contribution < -0.4 is 5.43 Å². The van der Waals surface area contributed by atoms with Gasteiger partial charge in [0, 0.05) is 10.4 Å². The predicted octanol–water partition coefficient (Wildman–Crippen LogP) is 4.16. The van der Waals surface area contributed by atoms with E-state index in [1.54, 1.807) is 6.21 Å². The lowest BCUT2D eigenvalue weighted by molar-refractivity contribution is -0.126. The molecule has 3 nitrogen and oxygen atoms in total. The second kappa shape index (κ2) is 5.18. The zero-order valence-corrected chi connectivity index (χ0v) is 14.5. The van der Waals surface area contributed by atoms with Crippen LogP contribution in [0.1, 0.15) is 30.4 Å². The van der Waals surface area contributed by atoms with Gasteiger partial charge in [0.05, 0.1) is 11.6 Å². The first-order valence-corrected chi connectivity index (χ1v) is 9.24. The van der Waals surface area contributed by atoms with Crippen LogP contribution in [-0.4, -0.2) is 12.1 Å². The molecule has 5 rings (SSSR count). The lowest BCUT2D eigenvalue weighted by atomic mass is 9.77. The van der Waals surface area contributed by atoms with Gasteiger partial charge < -0.3 is 0 Å². The Bertz CT molecular complexity index is 847. The molecular weight excluding hydrogens is 332 g/mol. The molecule has 0 radical (unpaired) electrons. The summed E-state index contributed by atoms with van der Waals surface area (Å²) in [4.78, 5) is 13.0. The summed E-state index contributed by atoms with van der Waals surface area (Å²) in [6, 6.07) is 18.0. The van der Waals surface area contributed by atoms with Crippen molar-refractivity contribution in [3.05, 3.63) is 70.7 Å². The topological polar surface area (TPSA) is 41.5 Å². The standard InChI is InChI=1S/C21H19ClN2O/c22-16-11-9-14(10-12-16)13-23-24-19(25)21-17-7-4-8-18(21)20(17,21)15-5-2-1-3-6-15/h1-3,5-6,9-13,17-18H,4,7-8H2,(H,24,25)/b23-13-/t17-,18-,20?,21?/m1/s1. The number of hydrazone groups is 1. The number of hydrogen-bond acceptors (Lipinski definition) is 2. The molecule has 2 atom stereocenters. The van der Waals surface area contributed by atoms with Crippen LogP contribution in [0.2, 0.25) is 5.02 Å². The number of benzene rings is 2. The summed E-state index contributed by atoms with van der Waals surface area (Å²) in [6.45, 7) is 0. The van der Waals surface area contributed by atoms with E-state index in [-0.39, 0.29) is 16.7 Å². The average Bonchev–Trinajstić information content (AvgIpc) is 3.51. The van der Waals surface area contributed by atoms with Crippen molar-refractivity contribution >= 4 is 23.7 Å². The van der Waals surface area contributed by atoms with Crippen LogP contribution in [0.3, 0.4) is 0 Å². The second-order valence-corrected chi connectivity index (χ2v) is 7.83. The maximum atomic E-state index is 13.0. The molecule has 126 valence electrons. The quantitative estimate of drug-likeness (QED) is 0.653. The summed E-state index contributed by atoms with van der Waals surface area (Å²) in [7, 11) is 0. The summed E-state index contributed by atoms with van der Waals surface area (Å²) in [5.41, 5.74) is 4.95. The summed E-state index contributed by atoms with van der Waals surface area (Å²) in [6.07, 6.45) is 5.22. The van der Waals surface area contributed by atoms with Crippen molar-refractivity contribution in [3.63, 3.8) is 0 Å². The molecule has 0 spiro atoms. The Labute approximate surface area is 152 Å². The molecule has 3 fully saturated rings. The highest BCUT2D eigenvalue weighted by Gasteiger charge is 3.01. The zero-order chi connectivity index (χ0) is 17.1. The van der Waals surface area contributed by atoms with Gasteiger partial charge >= 0.3 is 0 Å². The summed E-state index contributed by atoms with van der Waals surface area (Å²) in [5, 5.41) is 4.88. The normalized spacial score (nSPS) is 34.4. The van der Waals surface area contributed by atoms with E-state index in [2.05, 4.69) is 34.8 Å². The van der Waals surface area contributed by atoms with Crippen LogP contribution in [0, 0.1) is 17.3 Å². The van der Waals surface area contributed by atoms with Gasteiger partial charge in [0.2, 0.25) is 5.91 Å². The third kappa shape index (κ3) is 1.82. The fourth-order valence-corrected chi connectivity index (χ4v) is 5.82. The molecule has 0 saturated heterocycles. The van der Waals surface area contributed by atoms with Crippen molar-refractivity contribution in [1.82, 2.24) is 5.43 Å². The number of hydrogen-bond donors (Lipinski definition) is 1. The van der Waals surface area contributed by atoms with Crippen molar-refractivity contribution in [2.75, 3.05) is 0 Å². The van der Waals surface area contributed by atoms with Crippen molar-refractivity contribution in [2.24, 2.45) is 22.4 Å². The lowest BCUT2D eigenvalue weighted by Gasteiger charge is -2.27. The van der Waals surface area contributed by atoms with Gasteiger partial charge in [-0.3, -0.25) is 4.79 Å². The Morgan fingerprint density at radius 1 is 1.08 bits per heavy atom. The van der Waals surface area contributed by atoms with Gasteiger partial charge in [-0.1, -0.05) is 60.5 Å². The Balaban J connectivity index is 1.35. The van der Waals surface area contributed by atoms with Gasteiger partial charge in [-0.25, -0.2) is 5.43 Å². The van der Waals surface area contributed by atoms with Crippen molar-refractivity contribution in [2.45, 2.75) is 24.7 Å². The van der Waals surface area contributed by atoms with Crippen molar-refractivity contribution in [3.8, 4) is 0 Å². The molecule has 1 amide bonds. The van der Waals surface area contributed by atoms with E-state index in [1.807, 2.05) is 30.3 Å². The predicted molar refractivity (Wildman–Crippen MR) is 98.6 cm³/mol. The van der Waals surface area contributed by atoms with E-state index in [1.165, 1.54) is 12.0 Å². The number of nitrogens with one attached hydrogen (secondary N) is 1. The largest absolute Gasteiger partial charge is 0.272 e. The SMILES string of the molecule is O=C(N/N=C\c1ccc(Cl)cc1)C12[C@@H]3CCC[C@@H]1C32c1ccccc1. The van der Waals surface area contributed by atoms with Gasteiger partial charge in [0.1, 0.15) is 0 Å². The Hall–Kier alpha value is -2.13. The molecule has 0 aromatic heterocycles. The minimum Gasteiger partial charge on any atom is -0.272 e. The van der Waals surface area contributed by atoms with E-state index in [0.29, 0.717) is 16.9 Å². The van der Waals surface area contributed by atoms with E-state index < -0.39 is 0 Å². The van der Waals surface area contributed by atoms with E-state index in [4.69, 9.17) is 11.6 Å². The molecule has 4 heteroatoms. The average molecular weight is 351 g/mol. The summed E-state index contributed by atoms with van der Waals surface area (Å²) < 4.78 is 0. The van der Waals surface area contributed by atoms with Gasteiger partial charge in [-0.2, -0.15) is 5.10 Å². The zero-order valence-electron chi connectivity index (χ0n) is 13.8. The number of halogens is 1. The van der Waals surface area contributed by atoms with Crippen LogP contribution in [0.25, 0.3) is 0 Å². The molecule has 1 N–H and O–H groups in total. The molecule has 0 heterocycles. The van der Waals surface area contributed by atoms with E-state index in [9.17, 15) is 4.79 Å². The number of carbonyl (C=O) groups is 1. The number of amides is 1. The van der Waals surface area contributed by atoms with Crippen LogP contribution >= 0.6 is 11.6 Å². The van der Waals surface area contributed by atoms with Gasteiger partial charge in [0.25, 0.3) is 0 Å². The maximum Gasteiger partial charge on any atom is 0.247 e. The summed E-state index contributed by atoms with van der Waals surface area (Å²) >= 11 is 5.88. The molecule has 3 saturated carbocycles. The lowest BCUT2D eigenvalue weighted by Crippen LogP contribution is -2.31. The Morgan fingerprint density at radius 3 is 2.44 bits per heavy atom. The maximum absolute atomic E-state index is 13.0. The van der Waals surface area contributed by atoms with E-state index >= 15 is 0 Å². The second-order valence-electron chi connectivity index (χ2n) is 7.39.